The average Bonchev–Trinajstić information content (AvgIpc) is 3.01. The van der Waals surface area contributed by atoms with Crippen molar-refractivity contribution < 1.29 is 5.11 Å². The van der Waals surface area contributed by atoms with Crippen molar-refractivity contribution in [2.24, 2.45) is 5.92 Å². The van der Waals surface area contributed by atoms with Crippen LogP contribution in [-0.4, -0.2) is 42.4 Å². The molecule has 2 aliphatic rings. The highest BCUT2D eigenvalue weighted by Crippen LogP contribution is 2.31. The van der Waals surface area contributed by atoms with Gasteiger partial charge in [-0.1, -0.05) is 12.1 Å². The summed E-state index contributed by atoms with van der Waals surface area (Å²) < 4.78 is 0. The maximum atomic E-state index is 9.26. The minimum absolute atomic E-state index is 0.340. The van der Waals surface area contributed by atoms with Crippen LogP contribution in [0.5, 0.6) is 0 Å². The molecule has 0 radical (unpaired) electrons. The summed E-state index contributed by atoms with van der Waals surface area (Å²) in [5, 5.41) is 13.0. The van der Waals surface area contributed by atoms with Gasteiger partial charge in [0.2, 0.25) is 0 Å². The lowest BCUT2D eigenvalue weighted by Crippen LogP contribution is -2.35. The highest BCUT2D eigenvalue weighted by molar-refractivity contribution is 7.99. The SMILES string of the molecule is OCC1CCN(c2ccccc2N[C@H]2CCSC2)CC1. The molecule has 2 heterocycles. The molecular formula is C16H24N2OS. The molecule has 110 valence electrons. The Kier molecular flexibility index (Phi) is 4.73. The molecule has 1 atom stereocenters. The molecule has 3 nitrogen and oxygen atoms in total. The van der Waals surface area contributed by atoms with Crippen LogP contribution in [0, 0.1) is 5.92 Å². The number of aliphatic hydroxyl groups excluding tert-OH is 1. The molecule has 3 rings (SSSR count). The van der Waals surface area contributed by atoms with Crippen molar-refractivity contribution in [3.05, 3.63) is 24.3 Å². The number of piperidine rings is 1. The Morgan fingerprint density at radius 2 is 2.00 bits per heavy atom. The van der Waals surface area contributed by atoms with Gasteiger partial charge in [0.15, 0.2) is 0 Å². The van der Waals surface area contributed by atoms with Gasteiger partial charge >= 0.3 is 0 Å². The first-order valence-electron chi connectivity index (χ1n) is 7.66. The molecule has 2 N–H and O–H groups in total. The van der Waals surface area contributed by atoms with Crippen molar-refractivity contribution in [1.29, 1.82) is 0 Å². The lowest BCUT2D eigenvalue weighted by molar-refractivity contribution is 0.203. The van der Waals surface area contributed by atoms with Crippen LogP contribution in [0.4, 0.5) is 11.4 Å². The Morgan fingerprint density at radius 1 is 1.20 bits per heavy atom. The topological polar surface area (TPSA) is 35.5 Å². The van der Waals surface area contributed by atoms with Crippen molar-refractivity contribution >= 4 is 23.1 Å². The third-order valence-electron chi connectivity index (χ3n) is 4.41. The van der Waals surface area contributed by atoms with Gasteiger partial charge in [0.1, 0.15) is 0 Å². The standard InChI is InChI=1S/C16H24N2OS/c19-11-13-5-8-18(9-6-13)16-4-2-1-3-15(16)17-14-7-10-20-12-14/h1-4,13-14,17,19H,5-12H2/t14-/m0/s1. The van der Waals surface area contributed by atoms with Gasteiger partial charge in [0.25, 0.3) is 0 Å². The van der Waals surface area contributed by atoms with Gasteiger partial charge in [-0.15, -0.1) is 0 Å². The van der Waals surface area contributed by atoms with E-state index < -0.39 is 0 Å². The molecule has 0 saturated carbocycles. The van der Waals surface area contributed by atoms with Crippen LogP contribution in [0.15, 0.2) is 24.3 Å². The molecule has 0 bridgehead atoms. The van der Waals surface area contributed by atoms with Crippen molar-refractivity contribution in [2.45, 2.75) is 25.3 Å². The zero-order valence-corrected chi connectivity index (χ0v) is 12.7. The second-order valence-electron chi connectivity index (χ2n) is 5.83. The third-order valence-corrected chi connectivity index (χ3v) is 5.57. The number of aliphatic hydroxyl groups is 1. The largest absolute Gasteiger partial charge is 0.396 e. The summed E-state index contributed by atoms with van der Waals surface area (Å²) in [6.07, 6.45) is 3.47. The van der Waals surface area contributed by atoms with E-state index in [1.165, 1.54) is 29.3 Å². The summed E-state index contributed by atoms with van der Waals surface area (Å²) in [5.41, 5.74) is 2.61. The van der Waals surface area contributed by atoms with E-state index >= 15 is 0 Å². The second kappa shape index (κ2) is 6.72. The fraction of sp³-hybridized carbons (Fsp3) is 0.625. The summed E-state index contributed by atoms with van der Waals surface area (Å²) in [6.45, 7) is 2.46. The molecule has 1 aromatic rings. The van der Waals surface area contributed by atoms with Gasteiger partial charge in [-0.25, -0.2) is 0 Å². The maximum absolute atomic E-state index is 9.26. The van der Waals surface area contributed by atoms with E-state index in [1.54, 1.807) is 0 Å². The number of rotatable bonds is 4. The molecule has 4 heteroatoms. The van der Waals surface area contributed by atoms with E-state index in [0.29, 0.717) is 18.6 Å². The van der Waals surface area contributed by atoms with E-state index in [2.05, 4.69) is 34.5 Å². The van der Waals surface area contributed by atoms with Crippen LogP contribution in [0.25, 0.3) is 0 Å². The molecule has 0 spiro atoms. The Hall–Kier alpha value is -0.870. The zero-order valence-electron chi connectivity index (χ0n) is 11.9. The number of nitrogens with zero attached hydrogens (tertiary/aromatic N) is 1. The number of para-hydroxylation sites is 2. The normalized spacial score (nSPS) is 24.1. The first-order valence-corrected chi connectivity index (χ1v) is 8.81. The minimum atomic E-state index is 0.340. The third kappa shape index (κ3) is 3.23. The van der Waals surface area contributed by atoms with Crippen LogP contribution in [0.1, 0.15) is 19.3 Å². The van der Waals surface area contributed by atoms with Gasteiger partial charge in [-0.05, 0) is 43.1 Å². The molecule has 0 amide bonds. The highest BCUT2D eigenvalue weighted by atomic mass is 32.2. The summed E-state index contributed by atoms with van der Waals surface area (Å²) in [4.78, 5) is 2.47. The smallest absolute Gasteiger partial charge is 0.0602 e. The Bertz CT molecular complexity index is 426. The minimum Gasteiger partial charge on any atom is -0.396 e. The molecule has 0 aliphatic carbocycles. The number of benzene rings is 1. The molecule has 2 fully saturated rings. The Balaban J connectivity index is 1.69. The van der Waals surface area contributed by atoms with Crippen LogP contribution < -0.4 is 10.2 Å². The van der Waals surface area contributed by atoms with Gasteiger partial charge in [-0.2, -0.15) is 11.8 Å². The number of thioether (sulfide) groups is 1. The van der Waals surface area contributed by atoms with Crippen molar-refractivity contribution in [3.63, 3.8) is 0 Å². The van der Waals surface area contributed by atoms with Gasteiger partial charge < -0.3 is 15.3 Å². The Morgan fingerprint density at radius 3 is 2.70 bits per heavy atom. The van der Waals surface area contributed by atoms with Gasteiger partial charge in [0.05, 0.1) is 11.4 Å². The number of hydrogen-bond donors (Lipinski definition) is 2. The van der Waals surface area contributed by atoms with Crippen molar-refractivity contribution in [1.82, 2.24) is 0 Å². The van der Waals surface area contributed by atoms with E-state index in [-0.39, 0.29) is 0 Å². The molecule has 1 aromatic carbocycles. The van der Waals surface area contributed by atoms with Crippen LogP contribution >= 0.6 is 11.8 Å². The molecule has 20 heavy (non-hydrogen) atoms. The monoisotopic (exact) mass is 292 g/mol. The van der Waals surface area contributed by atoms with E-state index in [1.807, 2.05) is 11.8 Å². The second-order valence-corrected chi connectivity index (χ2v) is 6.98. The predicted octanol–water partition coefficient (Wildman–Crippen LogP) is 2.81. The lowest BCUT2D eigenvalue weighted by Gasteiger charge is -2.34. The van der Waals surface area contributed by atoms with Crippen molar-refractivity contribution in [2.75, 3.05) is 41.4 Å². The summed E-state index contributed by atoms with van der Waals surface area (Å²) in [7, 11) is 0. The first kappa shape index (κ1) is 14.1. The Labute approximate surface area is 125 Å². The highest BCUT2D eigenvalue weighted by Gasteiger charge is 2.22. The van der Waals surface area contributed by atoms with Crippen LogP contribution in [0.2, 0.25) is 0 Å². The van der Waals surface area contributed by atoms with E-state index in [4.69, 9.17) is 0 Å². The quantitative estimate of drug-likeness (QED) is 0.894. The molecular weight excluding hydrogens is 268 g/mol. The number of hydrogen-bond acceptors (Lipinski definition) is 4. The molecule has 2 aliphatic heterocycles. The molecule has 0 unspecified atom stereocenters. The zero-order chi connectivity index (χ0) is 13.8. The van der Waals surface area contributed by atoms with Crippen LogP contribution in [-0.2, 0) is 0 Å². The lowest BCUT2D eigenvalue weighted by atomic mass is 9.97. The molecule has 2 saturated heterocycles. The number of anilines is 2. The first-order chi connectivity index (χ1) is 9.86. The maximum Gasteiger partial charge on any atom is 0.0602 e. The fourth-order valence-electron chi connectivity index (χ4n) is 3.10. The van der Waals surface area contributed by atoms with Gasteiger partial charge in [-0.3, -0.25) is 0 Å². The van der Waals surface area contributed by atoms with Gasteiger partial charge in [0, 0.05) is 31.5 Å². The van der Waals surface area contributed by atoms with Crippen LogP contribution in [0.3, 0.4) is 0 Å². The summed E-state index contributed by atoms with van der Waals surface area (Å²) in [5.74, 6) is 3.00. The predicted molar refractivity (Wildman–Crippen MR) is 87.8 cm³/mol. The average molecular weight is 292 g/mol. The van der Waals surface area contributed by atoms with E-state index in [0.717, 1.165) is 25.9 Å². The molecule has 0 aromatic heterocycles. The van der Waals surface area contributed by atoms with E-state index in [9.17, 15) is 5.11 Å². The number of nitrogens with one attached hydrogen (secondary N) is 1. The summed E-state index contributed by atoms with van der Waals surface area (Å²) >= 11 is 2.04. The van der Waals surface area contributed by atoms with Crippen molar-refractivity contribution in [3.8, 4) is 0 Å². The summed E-state index contributed by atoms with van der Waals surface area (Å²) in [6, 6.07) is 9.30. The fourth-order valence-corrected chi connectivity index (χ4v) is 4.25.